The third kappa shape index (κ3) is 5.29. The van der Waals surface area contributed by atoms with Gasteiger partial charge in [0.2, 0.25) is 0 Å². The molecule has 1 atom stereocenters. The number of hydrogen-bond acceptors (Lipinski definition) is 4. The van der Waals surface area contributed by atoms with E-state index in [1.165, 1.54) is 43.5 Å². The predicted molar refractivity (Wildman–Crippen MR) is 133 cm³/mol. The van der Waals surface area contributed by atoms with Crippen molar-refractivity contribution in [2.75, 3.05) is 39.3 Å². The molecule has 1 unspecified atom stereocenters. The molecule has 33 heavy (non-hydrogen) atoms. The maximum Gasteiger partial charge on any atom is 0.119 e. The van der Waals surface area contributed by atoms with Crippen LogP contribution in [0.3, 0.4) is 0 Å². The number of aromatic nitrogens is 1. The third-order valence-corrected chi connectivity index (χ3v) is 7.53. The number of ether oxygens (including phenoxy) is 1. The highest BCUT2D eigenvalue weighted by molar-refractivity contribution is 5.31. The molecular weight excluding hydrogens is 406 g/mol. The first-order chi connectivity index (χ1) is 16.2. The second-order valence-electron chi connectivity index (χ2n) is 9.79. The van der Waals surface area contributed by atoms with Crippen LogP contribution in [0.4, 0.5) is 0 Å². The molecule has 3 heterocycles. The Morgan fingerprint density at radius 3 is 2.33 bits per heavy atom. The summed E-state index contributed by atoms with van der Waals surface area (Å²) < 4.78 is 5.92. The average molecular weight is 442 g/mol. The highest BCUT2D eigenvalue weighted by Crippen LogP contribution is 2.44. The van der Waals surface area contributed by atoms with E-state index in [4.69, 9.17) is 9.72 Å². The normalized spacial score (nSPS) is 19.5. The van der Waals surface area contributed by atoms with Crippen molar-refractivity contribution in [2.45, 2.75) is 32.2 Å². The summed E-state index contributed by atoms with van der Waals surface area (Å²) in [4.78, 5) is 10.0. The van der Waals surface area contributed by atoms with Crippen molar-refractivity contribution < 1.29 is 4.74 Å². The summed E-state index contributed by atoms with van der Waals surface area (Å²) in [7, 11) is 0. The molecule has 1 aromatic heterocycles. The number of piperidine rings is 1. The predicted octanol–water partition coefficient (Wildman–Crippen LogP) is 5.35. The number of para-hydroxylation sites is 1. The van der Waals surface area contributed by atoms with E-state index in [0.717, 1.165) is 37.7 Å². The molecule has 2 fully saturated rings. The van der Waals surface area contributed by atoms with Crippen LogP contribution in [0.5, 0.6) is 5.75 Å². The molecule has 4 heteroatoms. The van der Waals surface area contributed by atoms with Gasteiger partial charge in [0, 0.05) is 19.3 Å². The molecule has 4 nitrogen and oxygen atoms in total. The summed E-state index contributed by atoms with van der Waals surface area (Å²) in [6.07, 6.45) is 5.77. The van der Waals surface area contributed by atoms with E-state index in [0.29, 0.717) is 5.41 Å². The first-order valence-corrected chi connectivity index (χ1v) is 12.3. The lowest BCUT2D eigenvalue weighted by molar-refractivity contribution is 0.0922. The Morgan fingerprint density at radius 1 is 0.879 bits per heavy atom. The van der Waals surface area contributed by atoms with Crippen LogP contribution in [0, 0.1) is 12.3 Å². The van der Waals surface area contributed by atoms with E-state index < -0.39 is 0 Å². The molecule has 0 bridgehead atoms. The van der Waals surface area contributed by atoms with Crippen LogP contribution in [0.15, 0.2) is 79.0 Å². The van der Waals surface area contributed by atoms with Gasteiger partial charge in [0.15, 0.2) is 0 Å². The Kier molecular flexibility index (Phi) is 6.75. The molecule has 0 saturated carbocycles. The van der Waals surface area contributed by atoms with Crippen LogP contribution < -0.4 is 4.74 Å². The Balaban J connectivity index is 1.20. The smallest absolute Gasteiger partial charge is 0.119 e. The van der Waals surface area contributed by atoms with Crippen molar-refractivity contribution in [3.63, 3.8) is 0 Å². The molecule has 0 radical (unpaired) electrons. The third-order valence-electron chi connectivity index (χ3n) is 7.53. The van der Waals surface area contributed by atoms with Crippen molar-refractivity contribution in [3.8, 4) is 5.75 Å². The number of likely N-dealkylation sites (tertiary alicyclic amines) is 2. The molecule has 0 aliphatic carbocycles. The minimum Gasteiger partial charge on any atom is -0.492 e. The van der Waals surface area contributed by atoms with Gasteiger partial charge in [-0.05, 0) is 81.1 Å². The summed E-state index contributed by atoms with van der Waals surface area (Å²) in [5.74, 6) is 0.967. The number of benzene rings is 2. The van der Waals surface area contributed by atoms with E-state index in [1.807, 2.05) is 42.6 Å². The van der Waals surface area contributed by atoms with Gasteiger partial charge in [-0.2, -0.15) is 0 Å². The monoisotopic (exact) mass is 441 g/mol. The van der Waals surface area contributed by atoms with Gasteiger partial charge in [0.05, 0.1) is 11.7 Å². The van der Waals surface area contributed by atoms with Crippen LogP contribution in [-0.4, -0.2) is 54.1 Å². The van der Waals surface area contributed by atoms with E-state index >= 15 is 0 Å². The van der Waals surface area contributed by atoms with E-state index in [1.54, 1.807) is 0 Å². The summed E-state index contributed by atoms with van der Waals surface area (Å²) in [6, 6.07) is 25.7. The Bertz CT molecular complexity index is 998. The first-order valence-electron chi connectivity index (χ1n) is 12.3. The molecule has 5 rings (SSSR count). The van der Waals surface area contributed by atoms with E-state index in [-0.39, 0.29) is 6.04 Å². The topological polar surface area (TPSA) is 28.6 Å². The van der Waals surface area contributed by atoms with Crippen molar-refractivity contribution in [3.05, 3.63) is 95.8 Å². The molecule has 0 N–H and O–H groups in total. The lowest BCUT2D eigenvalue weighted by Crippen LogP contribution is -2.43. The molecule has 2 aromatic carbocycles. The fourth-order valence-electron chi connectivity index (χ4n) is 5.51. The lowest BCUT2D eigenvalue weighted by Gasteiger charge is -2.40. The van der Waals surface area contributed by atoms with Gasteiger partial charge in [0.1, 0.15) is 12.4 Å². The molecule has 1 spiro atoms. The zero-order valence-electron chi connectivity index (χ0n) is 19.7. The number of pyridine rings is 1. The van der Waals surface area contributed by atoms with E-state index in [2.05, 4.69) is 53.1 Å². The standard InChI is InChI=1S/C29H35N3O/c1-24-10-12-25(13-11-24)28(27-9-5-6-17-30-27)32-20-16-29(23-32)14-18-31(19-15-29)21-22-33-26-7-3-2-4-8-26/h2-13,17,28H,14-16,18-23H2,1H3. The maximum absolute atomic E-state index is 5.92. The Labute approximate surface area is 198 Å². The second kappa shape index (κ2) is 10.1. The van der Waals surface area contributed by atoms with Crippen molar-refractivity contribution in [1.29, 1.82) is 0 Å². The maximum atomic E-state index is 5.92. The first kappa shape index (κ1) is 22.1. The zero-order chi connectivity index (χ0) is 22.5. The molecule has 2 saturated heterocycles. The van der Waals surface area contributed by atoms with Gasteiger partial charge in [-0.3, -0.25) is 14.8 Å². The molecule has 3 aromatic rings. The average Bonchev–Trinajstić information content (AvgIpc) is 3.26. The molecule has 2 aliphatic heterocycles. The number of aryl methyl sites for hydroxylation is 1. The van der Waals surface area contributed by atoms with Gasteiger partial charge in [-0.25, -0.2) is 0 Å². The van der Waals surface area contributed by atoms with Gasteiger partial charge < -0.3 is 4.74 Å². The van der Waals surface area contributed by atoms with Gasteiger partial charge in [-0.15, -0.1) is 0 Å². The van der Waals surface area contributed by atoms with Gasteiger partial charge in [0.25, 0.3) is 0 Å². The fraction of sp³-hybridized carbons (Fsp3) is 0.414. The van der Waals surface area contributed by atoms with Crippen LogP contribution in [-0.2, 0) is 0 Å². The van der Waals surface area contributed by atoms with Gasteiger partial charge in [-0.1, -0.05) is 54.1 Å². The largest absolute Gasteiger partial charge is 0.492 e. The van der Waals surface area contributed by atoms with Gasteiger partial charge >= 0.3 is 0 Å². The number of nitrogens with zero attached hydrogens (tertiary/aromatic N) is 3. The summed E-state index contributed by atoms with van der Waals surface area (Å²) in [5, 5.41) is 0. The summed E-state index contributed by atoms with van der Waals surface area (Å²) in [5.41, 5.74) is 4.26. The quantitative estimate of drug-likeness (QED) is 0.494. The highest BCUT2D eigenvalue weighted by atomic mass is 16.5. The number of hydrogen-bond donors (Lipinski definition) is 0. The summed E-state index contributed by atoms with van der Waals surface area (Å²) in [6.45, 7) is 8.58. The van der Waals surface area contributed by atoms with E-state index in [9.17, 15) is 0 Å². The Morgan fingerprint density at radius 2 is 1.61 bits per heavy atom. The van der Waals surface area contributed by atoms with Crippen LogP contribution in [0.1, 0.15) is 42.1 Å². The van der Waals surface area contributed by atoms with Crippen LogP contribution >= 0.6 is 0 Å². The molecular formula is C29H35N3O. The summed E-state index contributed by atoms with van der Waals surface area (Å²) >= 11 is 0. The lowest BCUT2D eigenvalue weighted by atomic mass is 9.77. The van der Waals surface area contributed by atoms with Crippen molar-refractivity contribution >= 4 is 0 Å². The Hall–Kier alpha value is -2.69. The second-order valence-corrected chi connectivity index (χ2v) is 9.79. The molecule has 172 valence electrons. The molecule has 2 aliphatic rings. The minimum atomic E-state index is 0.239. The molecule has 0 amide bonds. The minimum absolute atomic E-state index is 0.239. The fourth-order valence-corrected chi connectivity index (χ4v) is 5.51. The number of rotatable bonds is 7. The van der Waals surface area contributed by atoms with Crippen LogP contribution in [0.2, 0.25) is 0 Å². The van der Waals surface area contributed by atoms with Crippen molar-refractivity contribution in [1.82, 2.24) is 14.8 Å². The van der Waals surface area contributed by atoms with Crippen LogP contribution in [0.25, 0.3) is 0 Å². The zero-order valence-corrected chi connectivity index (χ0v) is 19.7. The highest BCUT2D eigenvalue weighted by Gasteiger charge is 2.43. The SMILES string of the molecule is Cc1ccc(C(c2ccccn2)N2CCC3(CCN(CCOc4ccccc4)CC3)C2)cc1. The van der Waals surface area contributed by atoms with Crippen molar-refractivity contribution in [2.24, 2.45) is 5.41 Å².